The number of carbonyl (C=O) groups is 1. The summed E-state index contributed by atoms with van der Waals surface area (Å²) < 4.78 is 1.45. The highest BCUT2D eigenvalue weighted by Gasteiger charge is 2.23. The summed E-state index contributed by atoms with van der Waals surface area (Å²) >= 11 is 0. The Hall–Kier alpha value is -3.02. The first kappa shape index (κ1) is 13.9. The number of nitrogens with zero attached hydrogens (tertiary/aromatic N) is 4. The Morgan fingerprint density at radius 2 is 1.73 bits per heavy atom. The first-order chi connectivity index (χ1) is 10.8. The lowest BCUT2D eigenvalue weighted by Gasteiger charge is -2.16. The molecule has 0 aliphatic carbocycles. The molecule has 0 unspecified atom stereocenters. The van der Waals surface area contributed by atoms with E-state index in [1.807, 2.05) is 60.7 Å². The Bertz CT molecular complexity index is 713. The van der Waals surface area contributed by atoms with E-state index in [9.17, 15) is 4.79 Å². The van der Waals surface area contributed by atoms with Gasteiger partial charge >= 0.3 is 0 Å². The lowest BCUT2D eigenvalue weighted by atomic mass is 10.1. The van der Waals surface area contributed by atoms with Gasteiger partial charge in [-0.15, -0.1) is 5.10 Å². The van der Waals surface area contributed by atoms with Crippen LogP contribution in [0.2, 0.25) is 0 Å². The van der Waals surface area contributed by atoms with Crippen molar-refractivity contribution in [3.63, 3.8) is 0 Å². The summed E-state index contributed by atoms with van der Waals surface area (Å²) in [5.41, 5.74) is 1.87. The van der Waals surface area contributed by atoms with Gasteiger partial charge in [0.1, 0.15) is 6.33 Å². The highest BCUT2D eigenvalue weighted by atomic mass is 16.2. The summed E-state index contributed by atoms with van der Waals surface area (Å²) in [5, 5.41) is 14.0. The fourth-order valence-corrected chi connectivity index (χ4v) is 2.23. The van der Waals surface area contributed by atoms with Gasteiger partial charge in [-0.05, 0) is 21.6 Å². The topological polar surface area (TPSA) is 72.7 Å². The molecule has 3 aromatic rings. The van der Waals surface area contributed by atoms with Gasteiger partial charge in [0.05, 0.1) is 0 Å². The SMILES string of the molecule is O=C(NCc1ccccc1)[C@@H](c1ccccc1)n1cnnn1. The van der Waals surface area contributed by atoms with Crippen LogP contribution in [0.1, 0.15) is 17.2 Å². The number of benzene rings is 2. The van der Waals surface area contributed by atoms with Gasteiger partial charge < -0.3 is 5.32 Å². The normalized spacial score (nSPS) is 11.8. The van der Waals surface area contributed by atoms with Crippen LogP contribution in [0.3, 0.4) is 0 Å². The molecule has 0 fully saturated rings. The molecule has 0 saturated carbocycles. The van der Waals surface area contributed by atoms with Crippen LogP contribution in [-0.4, -0.2) is 26.1 Å². The highest BCUT2D eigenvalue weighted by molar-refractivity contribution is 5.83. The smallest absolute Gasteiger partial charge is 0.249 e. The van der Waals surface area contributed by atoms with Crippen LogP contribution in [0.15, 0.2) is 67.0 Å². The maximum atomic E-state index is 12.6. The number of hydrogen-bond donors (Lipinski definition) is 1. The van der Waals surface area contributed by atoms with E-state index in [4.69, 9.17) is 0 Å². The summed E-state index contributed by atoms with van der Waals surface area (Å²) in [6.07, 6.45) is 1.44. The number of rotatable bonds is 5. The van der Waals surface area contributed by atoms with Crippen LogP contribution < -0.4 is 5.32 Å². The summed E-state index contributed by atoms with van der Waals surface area (Å²) in [5.74, 6) is -0.151. The number of aromatic nitrogens is 4. The molecule has 1 atom stereocenters. The molecule has 6 nitrogen and oxygen atoms in total. The summed E-state index contributed by atoms with van der Waals surface area (Å²) in [6.45, 7) is 0.463. The fraction of sp³-hybridized carbons (Fsp3) is 0.125. The molecule has 0 saturated heterocycles. The van der Waals surface area contributed by atoms with Crippen LogP contribution in [0.25, 0.3) is 0 Å². The maximum absolute atomic E-state index is 12.6. The zero-order valence-corrected chi connectivity index (χ0v) is 11.8. The molecule has 1 amide bonds. The van der Waals surface area contributed by atoms with Crippen LogP contribution in [-0.2, 0) is 11.3 Å². The van der Waals surface area contributed by atoms with E-state index in [1.54, 1.807) is 0 Å². The van der Waals surface area contributed by atoms with Gasteiger partial charge in [0.25, 0.3) is 0 Å². The van der Waals surface area contributed by atoms with Gasteiger partial charge in [-0.3, -0.25) is 4.79 Å². The molecule has 6 heteroatoms. The predicted molar refractivity (Wildman–Crippen MR) is 80.7 cm³/mol. The van der Waals surface area contributed by atoms with E-state index in [2.05, 4.69) is 20.8 Å². The van der Waals surface area contributed by atoms with Crippen molar-refractivity contribution in [2.75, 3.05) is 0 Å². The largest absolute Gasteiger partial charge is 0.350 e. The van der Waals surface area contributed by atoms with Crippen molar-refractivity contribution in [3.05, 3.63) is 78.1 Å². The van der Waals surface area contributed by atoms with Crippen LogP contribution >= 0.6 is 0 Å². The minimum absolute atomic E-state index is 0.151. The first-order valence-electron chi connectivity index (χ1n) is 6.93. The average molecular weight is 293 g/mol. The molecule has 3 rings (SSSR count). The molecule has 22 heavy (non-hydrogen) atoms. The predicted octanol–water partition coefficient (Wildman–Crippen LogP) is 1.58. The Morgan fingerprint density at radius 3 is 2.36 bits per heavy atom. The second kappa shape index (κ2) is 6.62. The number of hydrogen-bond acceptors (Lipinski definition) is 4. The van der Waals surface area contributed by atoms with Crippen LogP contribution in [0.4, 0.5) is 0 Å². The third-order valence-corrected chi connectivity index (χ3v) is 3.30. The molecule has 0 bridgehead atoms. The maximum Gasteiger partial charge on any atom is 0.249 e. The fourth-order valence-electron chi connectivity index (χ4n) is 2.23. The summed E-state index contributed by atoms with van der Waals surface area (Å²) in [6, 6.07) is 18.6. The molecule has 1 heterocycles. The van der Waals surface area contributed by atoms with E-state index >= 15 is 0 Å². The molecular formula is C16H15N5O. The van der Waals surface area contributed by atoms with E-state index in [-0.39, 0.29) is 5.91 Å². The molecule has 0 spiro atoms. The van der Waals surface area contributed by atoms with Gasteiger partial charge in [0, 0.05) is 6.54 Å². The van der Waals surface area contributed by atoms with Gasteiger partial charge in [-0.1, -0.05) is 60.7 Å². The third-order valence-electron chi connectivity index (χ3n) is 3.30. The quantitative estimate of drug-likeness (QED) is 0.775. The lowest BCUT2D eigenvalue weighted by molar-refractivity contribution is -0.123. The van der Waals surface area contributed by atoms with Crippen molar-refractivity contribution < 1.29 is 4.79 Å². The number of nitrogens with one attached hydrogen (secondary N) is 1. The highest BCUT2D eigenvalue weighted by Crippen LogP contribution is 2.17. The van der Waals surface area contributed by atoms with Crippen molar-refractivity contribution in [3.8, 4) is 0 Å². The van der Waals surface area contributed by atoms with Crippen LogP contribution in [0.5, 0.6) is 0 Å². The molecule has 0 aliphatic heterocycles. The minimum atomic E-state index is -0.583. The average Bonchev–Trinajstić information content (AvgIpc) is 3.09. The summed E-state index contributed by atoms with van der Waals surface area (Å²) in [7, 11) is 0. The van der Waals surface area contributed by atoms with Crippen molar-refractivity contribution in [1.82, 2.24) is 25.5 Å². The molecule has 0 aliphatic rings. The van der Waals surface area contributed by atoms with E-state index < -0.39 is 6.04 Å². The number of amides is 1. The molecule has 110 valence electrons. The Labute approximate surface area is 127 Å². The van der Waals surface area contributed by atoms with Crippen LogP contribution in [0, 0.1) is 0 Å². The van der Waals surface area contributed by atoms with Crippen molar-refractivity contribution >= 4 is 5.91 Å². The van der Waals surface area contributed by atoms with Gasteiger partial charge in [-0.2, -0.15) is 0 Å². The molecule has 0 radical (unpaired) electrons. The zero-order chi connectivity index (χ0) is 15.2. The summed E-state index contributed by atoms with van der Waals surface area (Å²) in [4.78, 5) is 12.6. The zero-order valence-electron chi connectivity index (χ0n) is 11.8. The Balaban J connectivity index is 1.79. The van der Waals surface area contributed by atoms with Crippen molar-refractivity contribution in [2.45, 2.75) is 12.6 Å². The second-order valence-electron chi connectivity index (χ2n) is 4.81. The minimum Gasteiger partial charge on any atom is -0.350 e. The Kier molecular flexibility index (Phi) is 4.20. The number of carbonyl (C=O) groups excluding carboxylic acids is 1. The van der Waals surface area contributed by atoms with Crippen molar-refractivity contribution in [1.29, 1.82) is 0 Å². The second-order valence-corrected chi connectivity index (χ2v) is 4.81. The lowest BCUT2D eigenvalue weighted by Crippen LogP contribution is -2.33. The van der Waals surface area contributed by atoms with Gasteiger partial charge in [-0.25, -0.2) is 4.68 Å². The molecule has 1 N–H and O–H groups in total. The molecular weight excluding hydrogens is 278 g/mol. The van der Waals surface area contributed by atoms with Gasteiger partial charge in [0.15, 0.2) is 6.04 Å². The number of tetrazole rings is 1. The molecule has 1 aromatic heterocycles. The van der Waals surface area contributed by atoms with E-state index in [1.165, 1.54) is 11.0 Å². The Morgan fingerprint density at radius 1 is 1.05 bits per heavy atom. The standard InChI is InChI=1S/C16H15N5O/c22-16(17-11-13-7-3-1-4-8-13)15(21-12-18-19-20-21)14-9-5-2-6-10-14/h1-10,12,15H,11H2,(H,17,22)/t15-/m1/s1. The first-order valence-corrected chi connectivity index (χ1v) is 6.93. The van der Waals surface area contributed by atoms with Crippen molar-refractivity contribution in [2.24, 2.45) is 0 Å². The van der Waals surface area contributed by atoms with E-state index in [0.29, 0.717) is 6.54 Å². The monoisotopic (exact) mass is 293 g/mol. The van der Waals surface area contributed by atoms with Gasteiger partial charge in [0.2, 0.25) is 5.91 Å². The third kappa shape index (κ3) is 3.17. The van der Waals surface area contributed by atoms with E-state index in [0.717, 1.165) is 11.1 Å². The molecule has 2 aromatic carbocycles.